The summed E-state index contributed by atoms with van der Waals surface area (Å²) in [5.74, 6) is 0.413. The Morgan fingerprint density at radius 1 is 1.21 bits per heavy atom. The normalized spacial score (nSPS) is 15.7. The van der Waals surface area contributed by atoms with Crippen molar-refractivity contribution < 1.29 is 14.3 Å². The maximum absolute atomic E-state index is 12.0. The first-order valence-corrected chi connectivity index (χ1v) is 7.86. The van der Waals surface area contributed by atoms with E-state index in [-0.39, 0.29) is 11.9 Å². The monoisotopic (exact) mass is 345 g/mol. The van der Waals surface area contributed by atoms with Crippen LogP contribution >= 0.6 is 11.6 Å². The van der Waals surface area contributed by atoms with Gasteiger partial charge in [0.1, 0.15) is 5.75 Å². The van der Waals surface area contributed by atoms with Gasteiger partial charge in [0.2, 0.25) is 0 Å². The number of anilines is 2. The van der Waals surface area contributed by atoms with Crippen LogP contribution in [-0.4, -0.2) is 24.6 Å². The van der Waals surface area contributed by atoms with Crippen molar-refractivity contribution in [3.63, 3.8) is 0 Å². The predicted molar refractivity (Wildman–Crippen MR) is 92.6 cm³/mol. The topological polar surface area (TPSA) is 79.5 Å². The summed E-state index contributed by atoms with van der Waals surface area (Å²) in [7, 11) is 0. The summed E-state index contributed by atoms with van der Waals surface area (Å²) in [6.45, 7) is 0.298. The molecule has 24 heavy (non-hydrogen) atoms. The van der Waals surface area contributed by atoms with Crippen molar-refractivity contribution in [3.05, 3.63) is 53.6 Å². The molecule has 1 aliphatic rings. The van der Waals surface area contributed by atoms with E-state index < -0.39 is 6.10 Å². The fourth-order valence-electron chi connectivity index (χ4n) is 2.34. The number of ether oxygens (including phenoxy) is 1. The molecule has 0 spiro atoms. The lowest BCUT2D eigenvalue weighted by Crippen LogP contribution is -2.40. The minimum absolute atomic E-state index is 0.217. The molecule has 0 aromatic heterocycles. The van der Waals surface area contributed by atoms with Crippen molar-refractivity contribution in [2.24, 2.45) is 0 Å². The lowest BCUT2D eigenvalue weighted by atomic mass is 10.1. The molecule has 0 radical (unpaired) electrons. The number of para-hydroxylation sites is 2. The van der Waals surface area contributed by atoms with Gasteiger partial charge in [-0.2, -0.15) is 0 Å². The van der Waals surface area contributed by atoms with Gasteiger partial charge in [-0.3, -0.25) is 4.79 Å². The van der Waals surface area contributed by atoms with E-state index in [4.69, 9.17) is 16.3 Å². The van der Waals surface area contributed by atoms with Crippen LogP contribution in [0.25, 0.3) is 0 Å². The van der Waals surface area contributed by atoms with Crippen LogP contribution < -0.4 is 20.7 Å². The first-order chi connectivity index (χ1) is 11.6. The predicted octanol–water partition coefficient (Wildman–Crippen LogP) is 3.25. The Morgan fingerprint density at radius 3 is 2.88 bits per heavy atom. The van der Waals surface area contributed by atoms with E-state index in [9.17, 15) is 9.59 Å². The molecule has 124 valence electrons. The Kier molecular flexibility index (Phi) is 4.86. The van der Waals surface area contributed by atoms with Crippen LogP contribution in [0.3, 0.4) is 0 Å². The third-order valence-corrected chi connectivity index (χ3v) is 3.72. The number of urea groups is 1. The fraction of sp³-hybridized carbons (Fsp3) is 0.176. The number of hydrogen-bond acceptors (Lipinski definition) is 3. The van der Waals surface area contributed by atoms with E-state index in [2.05, 4.69) is 16.0 Å². The molecule has 0 saturated heterocycles. The van der Waals surface area contributed by atoms with Crippen molar-refractivity contribution in [2.45, 2.75) is 12.5 Å². The van der Waals surface area contributed by atoms with Gasteiger partial charge in [-0.05, 0) is 30.3 Å². The molecule has 1 heterocycles. The molecule has 1 unspecified atom stereocenters. The summed E-state index contributed by atoms with van der Waals surface area (Å²) in [5.41, 5.74) is 1.26. The van der Waals surface area contributed by atoms with Crippen molar-refractivity contribution in [3.8, 4) is 5.75 Å². The van der Waals surface area contributed by atoms with Gasteiger partial charge in [-0.1, -0.05) is 29.8 Å². The smallest absolute Gasteiger partial charge is 0.319 e. The average Bonchev–Trinajstić information content (AvgIpc) is 2.55. The molecular formula is C17H16ClN3O3. The van der Waals surface area contributed by atoms with Gasteiger partial charge in [-0.25, -0.2) is 4.79 Å². The van der Waals surface area contributed by atoms with Gasteiger partial charge in [0.25, 0.3) is 5.91 Å². The summed E-state index contributed by atoms with van der Waals surface area (Å²) < 4.78 is 5.66. The minimum Gasteiger partial charge on any atom is -0.478 e. The van der Waals surface area contributed by atoms with Crippen molar-refractivity contribution in [2.75, 3.05) is 17.2 Å². The molecule has 1 aliphatic heterocycles. The van der Waals surface area contributed by atoms with Crippen LogP contribution in [0, 0.1) is 0 Å². The molecule has 1 atom stereocenters. The first-order valence-electron chi connectivity index (χ1n) is 7.49. The molecule has 0 aliphatic carbocycles. The zero-order valence-electron chi connectivity index (χ0n) is 12.7. The molecule has 0 saturated carbocycles. The summed E-state index contributed by atoms with van der Waals surface area (Å²) in [4.78, 5) is 23.8. The largest absolute Gasteiger partial charge is 0.478 e. The van der Waals surface area contributed by atoms with Gasteiger partial charge in [0.15, 0.2) is 6.10 Å². The Labute approximate surface area is 144 Å². The van der Waals surface area contributed by atoms with Gasteiger partial charge in [-0.15, -0.1) is 0 Å². The average molecular weight is 346 g/mol. The zero-order valence-corrected chi connectivity index (χ0v) is 13.5. The number of benzene rings is 2. The molecule has 6 nitrogen and oxygen atoms in total. The van der Waals surface area contributed by atoms with Crippen LogP contribution in [0.5, 0.6) is 5.75 Å². The van der Waals surface area contributed by atoms with Gasteiger partial charge >= 0.3 is 6.03 Å². The number of halogens is 1. The number of amides is 3. The van der Waals surface area contributed by atoms with E-state index in [1.54, 1.807) is 36.4 Å². The van der Waals surface area contributed by atoms with Crippen molar-refractivity contribution >= 4 is 34.9 Å². The van der Waals surface area contributed by atoms with Crippen LogP contribution in [0.1, 0.15) is 6.42 Å². The number of carbonyl (C=O) groups is 2. The van der Waals surface area contributed by atoms with E-state index in [0.29, 0.717) is 35.1 Å². The highest BCUT2D eigenvalue weighted by molar-refractivity contribution is 6.30. The number of rotatable bonds is 4. The van der Waals surface area contributed by atoms with E-state index >= 15 is 0 Å². The van der Waals surface area contributed by atoms with E-state index in [1.165, 1.54) is 0 Å². The molecule has 3 N–H and O–H groups in total. The Morgan fingerprint density at radius 2 is 2.04 bits per heavy atom. The lowest BCUT2D eigenvalue weighted by molar-refractivity contribution is -0.123. The van der Waals surface area contributed by atoms with Gasteiger partial charge in [0.05, 0.1) is 5.69 Å². The highest BCUT2D eigenvalue weighted by Crippen LogP contribution is 2.29. The molecular weight excluding hydrogens is 330 g/mol. The van der Waals surface area contributed by atoms with Crippen molar-refractivity contribution in [1.29, 1.82) is 0 Å². The van der Waals surface area contributed by atoms with Crippen LogP contribution in [0.15, 0.2) is 48.5 Å². The number of fused-ring (bicyclic) bond motifs is 1. The maximum Gasteiger partial charge on any atom is 0.319 e. The SMILES string of the molecule is O=C(NCCC1Oc2ccccc2NC1=O)Nc1cccc(Cl)c1. The fourth-order valence-corrected chi connectivity index (χ4v) is 2.53. The minimum atomic E-state index is -0.633. The second-order valence-corrected chi connectivity index (χ2v) is 5.71. The highest BCUT2D eigenvalue weighted by atomic mass is 35.5. The lowest BCUT2D eigenvalue weighted by Gasteiger charge is -2.25. The summed E-state index contributed by atoms with van der Waals surface area (Å²) in [5, 5.41) is 8.69. The maximum atomic E-state index is 12.0. The molecule has 0 fully saturated rings. The second kappa shape index (κ2) is 7.23. The summed E-state index contributed by atoms with van der Waals surface area (Å²) in [6.07, 6.45) is -0.269. The number of carbonyl (C=O) groups excluding carboxylic acids is 2. The van der Waals surface area contributed by atoms with Gasteiger partial charge < -0.3 is 20.7 Å². The molecule has 7 heteroatoms. The molecule has 0 bridgehead atoms. The van der Waals surface area contributed by atoms with E-state index in [1.807, 2.05) is 12.1 Å². The Balaban J connectivity index is 1.48. The molecule has 2 aromatic carbocycles. The Bertz CT molecular complexity index is 766. The van der Waals surface area contributed by atoms with Gasteiger partial charge in [0, 0.05) is 23.7 Å². The molecule has 2 aromatic rings. The number of nitrogens with one attached hydrogen (secondary N) is 3. The molecule has 3 amide bonds. The summed E-state index contributed by atoms with van der Waals surface area (Å²) >= 11 is 5.86. The second-order valence-electron chi connectivity index (χ2n) is 5.27. The highest BCUT2D eigenvalue weighted by Gasteiger charge is 2.26. The first kappa shape index (κ1) is 16.1. The summed E-state index contributed by atoms with van der Waals surface area (Å²) in [6, 6.07) is 13.7. The quantitative estimate of drug-likeness (QED) is 0.795. The Hall–Kier alpha value is -2.73. The van der Waals surface area contributed by atoms with Crippen LogP contribution in [0.2, 0.25) is 5.02 Å². The van der Waals surface area contributed by atoms with Crippen LogP contribution in [-0.2, 0) is 4.79 Å². The van der Waals surface area contributed by atoms with E-state index in [0.717, 1.165) is 0 Å². The van der Waals surface area contributed by atoms with Crippen molar-refractivity contribution in [1.82, 2.24) is 5.32 Å². The standard InChI is InChI=1S/C17H16ClN3O3/c18-11-4-3-5-12(10-11)20-17(23)19-9-8-15-16(22)21-13-6-1-2-7-14(13)24-15/h1-7,10,15H,8-9H2,(H,21,22)(H2,19,20,23). The van der Waals surface area contributed by atoms with Crippen LogP contribution in [0.4, 0.5) is 16.2 Å². The third-order valence-electron chi connectivity index (χ3n) is 3.48. The zero-order chi connectivity index (χ0) is 16.9. The number of hydrogen-bond donors (Lipinski definition) is 3. The molecule has 3 rings (SSSR count). The third kappa shape index (κ3) is 3.97.